The minimum absolute atomic E-state index is 0.129. The number of aromatic nitrogens is 3. The van der Waals surface area contributed by atoms with Crippen LogP contribution in [0.2, 0.25) is 5.02 Å². The Morgan fingerprint density at radius 3 is 2.18 bits per heavy atom. The third kappa shape index (κ3) is 3.68. The molecule has 2 heterocycles. The lowest BCUT2D eigenvalue weighted by molar-refractivity contribution is -0.137. The van der Waals surface area contributed by atoms with Crippen LogP contribution in [0.1, 0.15) is 22.7 Å². The van der Waals surface area contributed by atoms with E-state index in [0.717, 1.165) is 23.3 Å². The Bertz CT molecular complexity index is 1050. The van der Waals surface area contributed by atoms with Gasteiger partial charge in [0.15, 0.2) is 0 Å². The summed E-state index contributed by atoms with van der Waals surface area (Å²) < 4.78 is 42.1. The number of alkyl halides is 3. The molecule has 3 nitrogen and oxygen atoms in total. The van der Waals surface area contributed by atoms with Crippen molar-refractivity contribution >= 4 is 11.6 Å². The van der Waals surface area contributed by atoms with Gasteiger partial charge in [-0.15, -0.1) is 0 Å². The van der Waals surface area contributed by atoms with Crippen LogP contribution in [-0.4, -0.2) is 14.1 Å². The second-order valence-corrected chi connectivity index (χ2v) is 6.80. The van der Waals surface area contributed by atoms with Crippen molar-refractivity contribution in [2.45, 2.75) is 12.2 Å². The Labute approximate surface area is 164 Å². The molecule has 0 saturated carbocycles. The number of hydrogen-bond acceptors (Lipinski definition) is 1. The molecular weight excluding hydrogens is 387 g/mol. The summed E-state index contributed by atoms with van der Waals surface area (Å²) >= 11 is 6.01. The van der Waals surface area contributed by atoms with Gasteiger partial charge < -0.3 is 9.13 Å². The summed E-state index contributed by atoms with van der Waals surface area (Å²) in [5, 5.41) is 0.649. The summed E-state index contributed by atoms with van der Waals surface area (Å²) in [6.45, 7) is 0. The molecule has 4 rings (SSSR count). The molecule has 0 aliphatic rings. The zero-order valence-electron chi connectivity index (χ0n) is 14.5. The fraction of sp³-hybridized carbons (Fsp3) is 0.0952. The number of hydrogen-bond donors (Lipinski definition) is 0. The predicted octanol–water partition coefficient (Wildman–Crippen LogP) is 5.98. The van der Waals surface area contributed by atoms with Gasteiger partial charge in [-0.25, -0.2) is 4.98 Å². The van der Waals surface area contributed by atoms with E-state index < -0.39 is 11.7 Å². The fourth-order valence-corrected chi connectivity index (χ4v) is 3.29. The Kier molecular flexibility index (Phi) is 4.73. The lowest BCUT2D eigenvalue weighted by atomic mass is 10.0. The molecule has 0 amide bonds. The molecule has 0 spiro atoms. The Morgan fingerprint density at radius 1 is 0.857 bits per heavy atom. The van der Waals surface area contributed by atoms with Crippen molar-refractivity contribution in [3.05, 3.63) is 107 Å². The van der Waals surface area contributed by atoms with Crippen LogP contribution in [-0.2, 0) is 6.18 Å². The van der Waals surface area contributed by atoms with E-state index in [0.29, 0.717) is 10.7 Å². The van der Waals surface area contributed by atoms with E-state index in [1.54, 1.807) is 17.1 Å². The summed E-state index contributed by atoms with van der Waals surface area (Å²) in [6.07, 6.45) is 4.69. The van der Waals surface area contributed by atoms with Crippen LogP contribution >= 0.6 is 11.6 Å². The zero-order chi connectivity index (χ0) is 19.7. The van der Waals surface area contributed by atoms with Gasteiger partial charge in [-0.3, -0.25) is 0 Å². The third-order valence-electron chi connectivity index (χ3n) is 4.53. The van der Waals surface area contributed by atoms with Gasteiger partial charge in [0.2, 0.25) is 0 Å². The summed E-state index contributed by atoms with van der Waals surface area (Å²) in [4.78, 5) is 4.13. The van der Waals surface area contributed by atoms with Gasteiger partial charge in [-0.2, -0.15) is 13.2 Å². The summed E-state index contributed by atoms with van der Waals surface area (Å²) in [5.41, 5.74) is 1.98. The van der Waals surface area contributed by atoms with Crippen molar-refractivity contribution in [3.63, 3.8) is 0 Å². The largest absolute Gasteiger partial charge is 0.416 e. The van der Waals surface area contributed by atoms with Crippen LogP contribution in [0.15, 0.2) is 85.7 Å². The Hall–Kier alpha value is -2.99. The second kappa shape index (κ2) is 7.20. The molecule has 28 heavy (non-hydrogen) atoms. The molecule has 142 valence electrons. The van der Waals surface area contributed by atoms with Crippen LogP contribution in [0, 0.1) is 0 Å². The molecule has 1 atom stereocenters. The van der Waals surface area contributed by atoms with Crippen LogP contribution in [0.5, 0.6) is 0 Å². The van der Waals surface area contributed by atoms with Crippen LogP contribution in [0.3, 0.4) is 0 Å². The first-order chi connectivity index (χ1) is 13.4. The monoisotopic (exact) mass is 401 g/mol. The van der Waals surface area contributed by atoms with Gasteiger partial charge in [-0.05, 0) is 53.6 Å². The normalized spacial score (nSPS) is 12.9. The topological polar surface area (TPSA) is 22.8 Å². The molecule has 0 radical (unpaired) electrons. The first kappa shape index (κ1) is 18.4. The highest BCUT2D eigenvalue weighted by Crippen LogP contribution is 2.31. The number of imidazole rings is 1. The lowest BCUT2D eigenvalue weighted by Crippen LogP contribution is -2.10. The van der Waals surface area contributed by atoms with Crippen molar-refractivity contribution in [3.8, 4) is 5.69 Å². The molecule has 1 unspecified atom stereocenters. The Morgan fingerprint density at radius 2 is 1.57 bits per heavy atom. The molecule has 0 bridgehead atoms. The average Bonchev–Trinajstić information content (AvgIpc) is 3.36. The van der Waals surface area contributed by atoms with Gasteiger partial charge in [-0.1, -0.05) is 23.7 Å². The molecule has 0 aliphatic heterocycles. The SMILES string of the molecule is FC(F)(F)c1ccc(-n2ccc(C(c3ccc(Cl)cc3)n3ccnc3)c2)cc1. The molecule has 4 aromatic rings. The van der Waals surface area contributed by atoms with Crippen LogP contribution in [0.4, 0.5) is 13.2 Å². The maximum Gasteiger partial charge on any atom is 0.416 e. The highest BCUT2D eigenvalue weighted by molar-refractivity contribution is 6.30. The number of nitrogens with zero attached hydrogens (tertiary/aromatic N) is 3. The van der Waals surface area contributed by atoms with Crippen LogP contribution < -0.4 is 0 Å². The van der Waals surface area contributed by atoms with E-state index in [4.69, 9.17) is 11.6 Å². The maximum atomic E-state index is 12.8. The van der Waals surface area contributed by atoms with Crippen molar-refractivity contribution in [1.29, 1.82) is 0 Å². The molecule has 0 N–H and O–H groups in total. The number of rotatable bonds is 4. The van der Waals surface area contributed by atoms with E-state index >= 15 is 0 Å². The minimum Gasteiger partial charge on any atom is -0.326 e. The molecule has 7 heteroatoms. The molecule has 2 aromatic heterocycles. The van der Waals surface area contributed by atoms with Gasteiger partial charge in [0.1, 0.15) is 0 Å². The average molecular weight is 402 g/mol. The van der Waals surface area contributed by atoms with Crippen molar-refractivity contribution < 1.29 is 13.2 Å². The first-order valence-electron chi connectivity index (χ1n) is 8.50. The van der Waals surface area contributed by atoms with E-state index in [-0.39, 0.29) is 6.04 Å². The number of benzene rings is 2. The highest BCUT2D eigenvalue weighted by Gasteiger charge is 2.30. The predicted molar refractivity (Wildman–Crippen MR) is 102 cm³/mol. The van der Waals surface area contributed by atoms with Gasteiger partial charge >= 0.3 is 6.18 Å². The smallest absolute Gasteiger partial charge is 0.326 e. The van der Waals surface area contributed by atoms with Gasteiger partial charge in [0.05, 0.1) is 17.9 Å². The van der Waals surface area contributed by atoms with Crippen LogP contribution in [0.25, 0.3) is 5.69 Å². The van der Waals surface area contributed by atoms with E-state index in [1.807, 2.05) is 53.5 Å². The molecule has 0 saturated heterocycles. The fourth-order valence-electron chi connectivity index (χ4n) is 3.16. The summed E-state index contributed by atoms with van der Waals surface area (Å²) in [7, 11) is 0. The molecule has 0 aliphatic carbocycles. The lowest BCUT2D eigenvalue weighted by Gasteiger charge is -2.18. The highest BCUT2D eigenvalue weighted by atomic mass is 35.5. The van der Waals surface area contributed by atoms with Crippen molar-refractivity contribution in [1.82, 2.24) is 14.1 Å². The van der Waals surface area contributed by atoms with E-state index in [2.05, 4.69) is 4.98 Å². The minimum atomic E-state index is -4.35. The van der Waals surface area contributed by atoms with Crippen molar-refractivity contribution in [2.24, 2.45) is 0 Å². The first-order valence-corrected chi connectivity index (χ1v) is 8.88. The standard InChI is InChI=1S/C21H15ClF3N3/c22-18-5-1-15(2-6-18)20(28-12-10-26-14-28)16-9-11-27(13-16)19-7-3-17(4-8-19)21(23,24)25/h1-14,20H. The maximum absolute atomic E-state index is 12.8. The van der Waals surface area contributed by atoms with Gasteiger partial charge in [0.25, 0.3) is 0 Å². The summed E-state index contributed by atoms with van der Waals surface area (Å²) in [5.74, 6) is 0. The summed E-state index contributed by atoms with van der Waals surface area (Å²) in [6, 6.07) is 14.4. The van der Waals surface area contributed by atoms with E-state index in [1.165, 1.54) is 12.1 Å². The van der Waals surface area contributed by atoms with E-state index in [9.17, 15) is 13.2 Å². The molecule has 0 fully saturated rings. The molecular formula is C21H15ClF3N3. The second-order valence-electron chi connectivity index (χ2n) is 6.36. The molecule has 2 aromatic carbocycles. The number of halogens is 4. The quantitative estimate of drug-likeness (QED) is 0.412. The Balaban J connectivity index is 1.70. The third-order valence-corrected chi connectivity index (χ3v) is 4.78. The van der Waals surface area contributed by atoms with Crippen molar-refractivity contribution in [2.75, 3.05) is 0 Å². The zero-order valence-corrected chi connectivity index (χ0v) is 15.3. The van der Waals surface area contributed by atoms with Gasteiger partial charge in [0, 0.05) is 35.5 Å².